The van der Waals surface area contributed by atoms with Gasteiger partial charge in [0, 0.05) is 46.3 Å². The number of aromatic nitrogens is 2. The van der Waals surface area contributed by atoms with Gasteiger partial charge in [-0.25, -0.2) is 18.4 Å². The molecule has 3 rings (SSSR count). The van der Waals surface area contributed by atoms with E-state index in [9.17, 15) is 8.42 Å². The summed E-state index contributed by atoms with van der Waals surface area (Å²) in [4.78, 5) is 13.0. The summed E-state index contributed by atoms with van der Waals surface area (Å²) >= 11 is 1.26. The van der Waals surface area contributed by atoms with Crippen molar-refractivity contribution in [2.45, 2.75) is 11.1 Å². The van der Waals surface area contributed by atoms with E-state index < -0.39 is 10.0 Å². The molecule has 0 N–H and O–H groups in total. The van der Waals surface area contributed by atoms with E-state index in [0.29, 0.717) is 36.2 Å². The van der Waals surface area contributed by atoms with E-state index in [1.807, 2.05) is 32.0 Å². The molecule has 1 aliphatic rings. The highest BCUT2D eigenvalue weighted by atomic mass is 32.2. The van der Waals surface area contributed by atoms with Crippen molar-refractivity contribution in [2.75, 3.05) is 50.1 Å². The third-order valence-electron chi connectivity index (χ3n) is 3.92. The molecule has 9 heteroatoms. The maximum atomic E-state index is 12.6. The van der Waals surface area contributed by atoms with Crippen molar-refractivity contribution >= 4 is 33.0 Å². The number of anilines is 2. The molecule has 2 aromatic rings. The zero-order valence-corrected chi connectivity index (χ0v) is 15.6. The second-order valence-corrected chi connectivity index (χ2v) is 8.96. The summed E-state index contributed by atoms with van der Waals surface area (Å²) in [5, 5.41) is 1.79. The Morgan fingerprint density at radius 1 is 1.17 bits per heavy atom. The van der Waals surface area contributed by atoms with Crippen molar-refractivity contribution in [1.82, 2.24) is 14.3 Å². The van der Waals surface area contributed by atoms with Crippen LogP contribution in [0, 0.1) is 6.92 Å². The minimum absolute atomic E-state index is 0.406. The van der Waals surface area contributed by atoms with Crippen molar-refractivity contribution in [3.8, 4) is 0 Å². The zero-order chi connectivity index (χ0) is 17.3. The van der Waals surface area contributed by atoms with Crippen LogP contribution in [0.3, 0.4) is 0 Å². The van der Waals surface area contributed by atoms with Crippen LogP contribution in [0.5, 0.6) is 0 Å². The summed E-state index contributed by atoms with van der Waals surface area (Å²) < 4.78 is 27.1. The summed E-state index contributed by atoms with van der Waals surface area (Å²) in [6.07, 6.45) is 0. The van der Waals surface area contributed by atoms with Gasteiger partial charge in [-0.15, -0.1) is 11.3 Å². The van der Waals surface area contributed by atoms with Crippen LogP contribution in [-0.4, -0.2) is 63.0 Å². The summed E-state index contributed by atoms with van der Waals surface area (Å²) in [5.41, 5.74) is 0. The number of thiophene rings is 1. The van der Waals surface area contributed by atoms with Gasteiger partial charge < -0.3 is 9.80 Å². The number of rotatable bonds is 4. The average Bonchev–Trinajstić information content (AvgIpc) is 3.09. The molecule has 3 heterocycles. The van der Waals surface area contributed by atoms with Gasteiger partial charge in [-0.3, -0.25) is 0 Å². The van der Waals surface area contributed by atoms with E-state index in [4.69, 9.17) is 0 Å². The van der Waals surface area contributed by atoms with E-state index >= 15 is 0 Å². The van der Waals surface area contributed by atoms with Gasteiger partial charge >= 0.3 is 0 Å². The van der Waals surface area contributed by atoms with Crippen molar-refractivity contribution in [3.05, 3.63) is 29.4 Å². The Balaban J connectivity index is 1.74. The first-order valence-corrected chi connectivity index (χ1v) is 10.0. The second kappa shape index (κ2) is 6.66. The van der Waals surface area contributed by atoms with E-state index in [1.165, 1.54) is 11.3 Å². The molecule has 0 saturated carbocycles. The fraction of sp³-hybridized carbons (Fsp3) is 0.467. The highest BCUT2D eigenvalue weighted by molar-refractivity contribution is 7.91. The van der Waals surface area contributed by atoms with Crippen LogP contribution in [0.4, 0.5) is 11.6 Å². The molecule has 0 aromatic carbocycles. The summed E-state index contributed by atoms with van der Waals surface area (Å²) in [7, 11) is 0.513. The molecule has 1 fully saturated rings. The Morgan fingerprint density at radius 2 is 1.88 bits per heavy atom. The maximum absolute atomic E-state index is 12.6. The highest BCUT2D eigenvalue weighted by Gasteiger charge is 2.29. The zero-order valence-electron chi connectivity index (χ0n) is 14.0. The average molecular weight is 368 g/mol. The molecule has 0 atom stereocenters. The standard InChI is InChI=1S/C15H21N5O2S2/c1-12-16-13(18(2)3)11-14(17-12)19-6-8-20(9-7-19)24(21,22)15-5-4-10-23-15/h4-5,10-11H,6-9H2,1-3H3. The van der Waals surface area contributed by atoms with E-state index in [0.717, 1.165) is 11.6 Å². The van der Waals surface area contributed by atoms with Gasteiger partial charge in [0.2, 0.25) is 0 Å². The lowest BCUT2D eigenvalue weighted by Gasteiger charge is -2.34. The lowest BCUT2D eigenvalue weighted by atomic mass is 10.3. The van der Waals surface area contributed by atoms with Gasteiger partial charge in [-0.2, -0.15) is 4.31 Å². The molecule has 1 saturated heterocycles. The molecule has 130 valence electrons. The Kier molecular flexibility index (Phi) is 4.75. The monoisotopic (exact) mass is 367 g/mol. The van der Waals surface area contributed by atoms with Crippen LogP contribution in [0.1, 0.15) is 5.82 Å². The molecule has 0 aliphatic carbocycles. The lowest BCUT2D eigenvalue weighted by Crippen LogP contribution is -2.48. The van der Waals surface area contributed by atoms with Gasteiger partial charge in [0.15, 0.2) is 0 Å². The van der Waals surface area contributed by atoms with Crippen molar-refractivity contribution in [1.29, 1.82) is 0 Å². The van der Waals surface area contributed by atoms with Gasteiger partial charge in [-0.1, -0.05) is 6.07 Å². The fourth-order valence-corrected chi connectivity index (χ4v) is 5.19. The minimum atomic E-state index is -3.37. The second-order valence-electron chi connectivity index (χ2n) is 5.85. The van der Waals surface area contributed by atoms with Crippen molar-refractivity contribution in [3.63, 3.8) is 0 Å². The number of nitrogens with zero attached hydrogens (tertiary/aromatic N) is 5. The molecule has 0 radical (unpaired) electrons. The van der Waals surface area contributed by atoms with Crippen LogP contribution in [0.2, 0.25) is 0 Å². The Morgan fingerprint density at radius 3 is 2.46 bits per heavy atom. The van der Waals surface area contributed by atoms with Gasteiger partial charge in [0.25, 0.3) is 10.0 Å². The van der Waals surface area contributed by atoms with Crippen LogP contribution in [0.15, 0.2) is 27.8 Å². The lowest BCUT2D eigenvalue weighted by molar-refractivity contribution is 0.384. The topological polar surface area (TPSA) is 69.6 Å². The Bertz CT molecular complexity index is 797. The molecule has 0 spiro atoms. The van der Waals surface area contributed by atoms with Gasteiger partial charge in [0.1, 0.15) is 21.7 Å². The first-order chi connectivity index (χ1) is 11.4. The van der Waals surface area contributed by atoms with Crippen molar-refractivity contribution < 1.29 is 8.42 Å². The largest absolute Gasteiger partial charge is 0.363 e. The third-order valence-corrected chi connectivity index (χ3v) is 7.19. The number of piperazine rings is 1. The van der Waals surface area contributed by atoms with E-state index in [2.05, 4.69) is 14.9 Å². The van der Waals surface area contributed by atoms with Crippen LogP contribution in [0.25, 0.3) is 0 Å². The first-order valence-electron chi connectivity index (χ1n) is 7.69. The van der Waals surface area contributed by atoms with Crippen LogP contribution >= 0.6 is 11.3 Å². The van der Waals surface area contributed by atoms with E-state index in [1.54, 1.807) is 21.8 Å². The Labute approximate surface area is 146 Å². The molecule has 0 bridgehead atoms. The number of hydrogen-bond donors (Lipinski definition) is 0. The highest BCUT2D eigenvalue weighted by Crippen LogP contribution is 2.24. The quantitative estimate of drug-likeness (QED) is 0.814. The van der Waals surface area contributed by atoms with Crippen molar-refractivity contribution in [2.24, 2.45) is 0 Å². The summed E-state index contributed by atoms with van der Waals surface area (Å²) in [6.45, 7) is 4.02. The van der Waals surface area contributed by atoms with E-state index in [-0.39, 0.29) is 0 Å². The summed E-state index contributed by atoms with van der Waals surface area (Å²) in [5.74, 6) is 2.41. The smallest absolute Gasteiger partial charge is 0.252 e. The number of aryl methyl sites for hydroxylation is 1. The Hall–Kier alpha value is -1.71. The molecular weight excluding hydrogens is 346 g/mol. The predicted octanol–water partition coefficient (Wildman–Crippen LogP) is 1.42. The molecule has 7 nitrogen and oxygen atoms in total. The molecule has 0 unspecified atom stereocenters. The summed E-state index contributed by atoms with van der Waals surface area (Å²) in [6, 6.07) is 5.36. The molecule has 1 aliphatic heterocycles. The molecule has 2 aromatic heterocycles. The minimum Gasteiger partial charge on any atom is -0.363 e. The van der Waals surface area contributed by atoms with Gasteiger partial charge in [0.05, 0.1) is 0 Å². The first kappa shape index (κ1) is 17.1. The van der Waals surface area contributed by atoms with Gasteiger partial charge in [-0.05, 0) is 18.4 Å². The van der Waals surface area contributed by atoms with Crippen LogP contribution in [-0.2, 0) is 10.0 Å². The maximum Gasteiger partial charge on any atom is 0.252 e. The number of sulfonamides is 1. The predicted molar refractivity (Wildman–Crippen MR) is 96.4 cm³/mol. The SMILES string of the molecule is Cc1nc(N(C)C)cc(N2CCN(S(=O)(=O)c3cccs3)CC2)n1. The number of hydrogen-bond acceptors (Lipinski definition) is 7. The molecular formula is C15H21N5O2S2. The normalized spacial score (nSPS) is 16.4. The molecule has 24 heavy (non-hydrogen) atoms. The third kappa shape index (κ3) is 3.38. The molecule has 0 amide bonds. The fourth-order valence-electron chi connectivity index (χ4n) is 2.62. The van der Waals surface area contributed by atoms with Crippen LogP contribution < -0.4 is 9.80 Å².